The molecular weight excluding hydrogens is 228 g/mol. The van der Waals surface area contributed by atoms with Gasteiger partial charge in [0.05, 0.1) is 18.2 Å². The quantitative estimate of drug-likeness (QED) is 0.828. The average molecular weight is 250 g/mol. The number of carbonyl (C=O) groups excluding carboxylic acids is 1. The Morgan fingerprint density at radius 3 is 2.44 bits per heavy atom. The number of hydrogen-bond acceptors (Lipinski definition) is 3. The van der Waals surface area contributed by atoms with Crippen LogP contribution in [0, 0.1) is 0 Å². The fraction of sp³-hybridized carbons (Fsp3) is 0.500. The molecule has 4 nitrogen and oxygen atoms in total. The van der Waals surface area contributed by atoms with Crippen molar-refractivity contribution < 1.29 is 9.90 Å². The second-order valence-corrected chi connectivity index (χ2v) is 4.56. The first kappa shape index (κ1) is 14.7. The zero-order valence-corrected chi connectivity index (χ0v) is 11.2. The Hall–Kier alpha value is -1.39. The van der Waals surface area contributed by atoms with Gasteiger partial charge < -0.3 is 15.7 Å². The minimum atomic E-state index is -0.704. The maximum atomic E-state index is 11.9. The van der Waals surface area contributed by atoms with Crippen LogP contribution in [0.15, 0.2) is 30.3 Å². The standard InChI is InChI=1S/C14H22N2O2/c1-4-12(15)14(18)16(3)10(2)13(17)11-8-6-5-7-9-11/h5-10,12-13,17H,4,15H2,1-3H3/t10-,12+,13+/m0/s1. The summed E-state index contributed by atoms with van der Waals surface area (Å²) in [6.45, 7) is 3.69. The normalized spacial score (nSPS) is 15.8. The number of aliphatic hydroxyl groups is 1. The lowest BCUT2D eigenvalue weighted by atomic mass is 10.0. The SMILES string of the molecule is CC[C@@H](N)C(=O)N(C)[C@@H](C)[C@@H](O)c1ccccc1. The molecule has 0 unspecified atom stereocenters. The van der Waals surface area contributed by atoms with E-state index in [2.05, 4.69) is 0 Å². The molecule has 0 aliphatic rings. The van der Waals surface area contributed by atoms with Gasteiger partial charge in [-0.3, -0.25) is 4.79 Å². The van der Waals surface area contributed by atoms with Crippen LogP contribution in [0.5, 0.6) is 0 Å². The minimum Gasteiger partial charge on any atom is -0.386 e. The van der Waals surface area contributed by atoms with E-state index in [0.29, 0.717) is 6.42 Å². The van der Waals surface area contributed by atoms with Crippen molar-refractivity contribution >= 4 is 5.91 Å². The summed E-state index contributed by atoms with van der Waals surface area (Å²) in [7, 11) is 1.68. The molecule has 100 valence electrons. The van der Waals surface area contributed by atoms with Gasteiger partial charge in [-0.15, -0.1) is 0 Å². The summed E-state index contributed by atoms with van der Waals surface area (Å²) < 4.78 is 0. The number of nitrogens with zero attached hydrogens (tertiary/aromatic N) is 1. The number of aliphatic hydroxyl groups excluding tert-OH is 1. The number of hydrogen-bond donors (Lipinski definition) is 2. The van der Waals surface area contributed by atoms with Gasteiger partial charge in [-0.05, 0) is 18.9 Å². The summed E-state index contributed by atoms with van der Waals surface area (Å²) in [5, 5.41) is 10.2. The molecule has 0 heterocycles. The fourth-order valence-electron chi connectivity index (χ4n) is 1.78. The summed E-state index contributed by atoms with van der Waals surface area (Å²) >= 11 is 0. The molecular formula is C14H22N2O2. The number of likely N-dealkylation sites (N-methyl/N-ethyl adjacent to an activating group) is 1. The molecule has 1 aromatic rings. The van der Waals surface area contributed by atoms with Crippen molar-refractivity contribution in [3.05, 3.63) is 35.9 Å². The van der Waals surface area contributed by atoms with Gasteiger partial charge in [-0.1, -0.05) is 37.3 Å². The highest BCUT2D eigenvalue weighted by atomic mass is 16.3. The largest absolute Gasteiger partial charge is 0.386 e. The molecule has 1 aromatic carbocycles. The molecule has 0 saturated carbocycles. The highest BCUT2D eigenvalue weighted by Gasteiger charge is 2.26. The topological polar surface area (TPSA) is 66.6 Å². The van der Waals surface area contributed by atoms with E-state index in [0.717, 1.165) is 5.56 Å². The molecule has 0 spiro atoms. The first-order valence-electron chi connectivity index (χ1n) is 6.24. The molecule has 0 saturated heterocycles. The Labute approximate surface area is 108 Å². The molecule has 0 aromatic heterocycles. The van der Waals surface area contributed by atoms with E-state index in [1.54, 1.807) is 7.05 Å². The molecule has 18 heavy (non-hydrogen) atoms. The van der Waals surface area contributed by atoms with Crippen LogP contribution in [-0.2, 0) is 4.79 Å². The third-order valence-electron chi connectivity index (χ3n) is 3.31. The Bertz CT molecular complexity index is 381. The Morgan fingerprint density at radius 1 is 1.39 bits per heavy atom. The van der Waals surface area contributed by atoms with Gasteiger partial charge in [0.25, 0.3) is 0 Å². The Balaban J connectivity index is 2.75. The fourth-order valence-corrected chi connectivity index (χ4v) is 1.78. The second kappa shape index (κ2) is 6.52. The summed E-state index contributed by atoms with van der Waals surface area (Å²) in [6, 6.07) is 8.51. The summed E-state index contributed by atoms with van der Waals surface area (Å²) in [4.78, 5) is 13.5. The predicted molar refractivity (Wildman–Crippen MR) is 71.9 cm³/mol. The number of nitrogens with two attached hydrogens (primary N) is 1. The number of carbonyl (C=O) groups is 1. The van der Waals surface area contributed by atoms with Crippen LogP contribution in [0.1, 0.15) is 31.9 Å². The lowest BCUT2D eigenvalue weighted by Gasteiger charge is -2.31. The summed E-state index contributed by atoms with van der Waals surface area (Å²) in [6.07, 6.45) is -0.110. The highest BCUT2D eigenvalue weighted by molar-refractivity contribution is 5.81. The predicted octanol–water partition coefficient (Wildman–Crippen LogP) is 1.30. The van der Waals surface area contributed by atoms with Crippen LogP contribution in [0.4, 0.5) is 0 Å². The summed E-state index contributed by atoms with van der Waals surface area (Å²) in [5.74, 6) is -0.139. The van der Waals surface area contributed by atoms with Gasteiger partial charge in [0.15, 0.2) is 0 Å². The van der Waals surface area contributed by atoms with Crippen molar-refractivity contribution in [3.8, 4) is 0 Å². The maximum Gasteiger partial charge on any atom is 0.239 e. The van der Waals surface area contributed by atoms with Crippen molar-refractivity contribution in [1.29, 1.82) is 0 Å². The van der Waals surface area contributed by atoms with E-state index in [4.69, 9.17) is 5.73 Å². The van der Waals surface area contributed by atoms with E-state index in [1.165, 1.54) is 4.90 Å². The highest BCUT2D eigenvalue weighted by Crippen LogP contribution is 2.20. The lowest BCUT2D eigenvalue weighted by molar-refractivity contribution is -0.135. The molecule has 0 aliphatic heterocycles. The van der Waals surface area contributed by atoms with Gasteiger partial charge in [-0.2, -0.15) is 0 Å². The van der Waals surface area contributed by atoms with Crippen LogP contribution in [-0.4, -0.2) is 35.0 Å². The Morgan fingerprint density at radius 2 is 1.94 bits per heavy atom. The van der Waals surface area contributed by atoms with Gasteiger partial charge in [0, 0.05) is 7.05 Å². The van der Waals surface area contributed by atoms with Gasteiger partial charge >= 0.3 is 0 Å². The smallest absolute Gasteiger partial charge is 0.239 e. The third-order valence-corrected chi connectivity index (χ3v) is 3.31. The van der Waals surface area contributed by atoms with Gasteiger partial charge in [0.2, 0.25) is 5.91 Å². The molecule has 3 N–H and O–H groups in total. The van der Waals surface area contributed by atoms with E-state index in [9.17, 15) is 9.90 Å². The molecule has 0 bridgehead atoms. The van der Waals surface area contributed by atoms with Crippen molar-refractivity contribution in [2.45, 2.75) is 38.5 Å². The number of rotatable bonds is 5. The van der Waals surface area contributed by atoms with Crippen LogP contribution in [0.25, 0.3) is 0 Å². The molecule has 1 rings (SSSR count). The number of amides is 1. The molecule has 0 fully saturated rings. The van der Waals surface area contributed by atoms with Gasteiger partial charge in [-0.25, -0.2) is 0 Å². The first-order chi connectivity index (χ1) is 8.49. The van der Waals surface area contributed by atoms with E-state index >= 15 is 0 Å². The van der Waals surface area contributed by atoms with E-state index in [1.807, 2.05) is 44.2 Å². The van der Waals surface area contributed by atoms with Crippen LogP contribution in [0.2, 0.25) is 0 Å². The van der Waals surface area contributed by atoms with Crippen molar-refractivity contribution in [3.63, 3.8) is 0 Å². The number of benzene rings is 1. The molecule has 3 atom stereocenters. The molecule has 4 heteroatoms. The van der Waals surface area contributed by atoms with Crippen molar-refractivity contribution in [2.24, 2.45) is 5.73 Å². The van der Waals surface area contributed by atoms with Gasteiger partial charge in [0.1, 0.15) is 0 Å². The maximum absolute atomic E-state index is 11.9. The average Bonchev–Trinajstić information content (AvgIpc) is 2.44. The van der Waals surface area contributed by atoms with E-state index in [-0.39, 0.29) is 11.9 Å². The minimum absolute atomic E-state index is 0.139. The van der Waals surface area contributed by atoms with Crippen molar-refractivity contribution in [1.82, 2.24) is 4.90 Å². The second-order valence-electron chi connectivity index (χ2n) is 4.56. The first-order valence-corrected chi connectivity index (χ1v) is 6.24. The monoisotopic (exact) mass is 250 g/mol. The zero-order valence-electron chi connectivity index (χ0n) is 11.2. The van der Waals surface area contributed by atoms with E-state index < -0.39 is 12.1 Å². The molecule has 1 amide bonds. The zero-order chi connectivity index (χ0) is 13.7. The lowest BCUT2D eigenvalue weighted by Crippen LogP contribution is -2.47. The summed E-state index contributed by atoms with van der Waals surface area (Å²) in [5.41, 5.74) is 6.52. The van der Waals surface area contributed by atoms with Crippen LogP contribution in [0.3, 0.4) is 0 Å². The third kappa shape index (κ3) is 3.31. The van der Waals surface area contributed by atoms with Crippen LogP contribution >= 0.6 is 0 Å². The Kier molecular flexibility index (Phi) is 5.31. The van der Waals surface area contributed by atoms with Crippen LogP contribution < -0.4 is 5.73 Å². The van der Waals surface area contributed by atoms with Crippen molar-refractivity contribution in [2.75, 3.05) is 7.05 Å². The molecule has 0 radical (unpaired) electrons. The molecule has 0 aliphatic carbocycles.